The van der Waals surface area contributed by atoms with Gasteiger partial charge in [-0.15, -0.1) is 0 Å². The highest BCUT2D eigenvalue weighted by molar-refractivity contribution is 6.74. The fourth-order valence-corrected chi connectivity index (χ4v) is 5.63. The molecule has 0 radical (unpaired) electrons. The lowest BCUT2D eigenvalue weighted by molar-refractivity contribution is -0.271. The van der Waals surface area contributed by atoms with Crippen molar-refractivity contribution in [3.8, 4) is 0 Å². The first kappa shape index (κ1) is 24.6. The molecule has 5 heteroatoms. The van der Waals surface area contributed by atoms with E-state index in [0.29, 0.717) is 6.61 Å². The predicted molar refractivity (Wildman–Crippen MR) is 137 cm³/mol. The highest BCUT2D eigenvalue weighted by Gasteiger charge is 2.51. The van der Waals surface area contributed by atoms with Crippen LogP contribution < -0.4 is 0 Å². The van der Waals surface area contributed by atoms with Crippen molar-refractivity contribution >= 4 is 8.32 Å². The molecule has 2 heterocycles. The topological polar surface area (TPSA) is 30.9 Å². The molecule has 33 heavy (non-hydrogen) atoms. The summed E-state index contributed by atoms with van der Waals surface area (Å²) in [5.41, 5.74) is 2.31. The zero-order valence-corrected chi connectivity index (χ0v) is 22.0. The van der Waals surface area contributed by atoms with E-state index < -0.39 is 8.32 Å². The molecule has 180 valence electrons. The third-order valence-corrected chi connectivity index (χ3v) is 12.1. The van der Waals surface area contributed by atoms with Crippen molar-refractivity contribution in [3.05, 3.63) is 71.8 Å². The summed E-state index contributed by atoms with van der Waals surface area (Å²) >= 11 is 0. The van der Waals surface area contributed by atoms with E-state index in [2.05, 4.69) is 99.4 Å². The first-order chi connectivity index (χ1) is 15.7. The average Bonchev–Trinajstić information content (AvgIpc) is 2.78. The predicted octanol–water partition coefficient (Wildman–Crippen LogP) is 6.40. The molecule has 2 aliphatic heterocycles. The summed E-state index contributed by atoms with van der Waals surface area (Å²) in [5, 5.41) is 0.176. The summed E-state index contributed by atoms with van der Waals surface area (Å²) in [7, 11) is -1.88. The van der Waals surface area contributed by atoms with Crippen molar-refractivity contribution in [1.82, 2.24) is 4.90 Å². The van der Waals surface area contributed by atoms with E-state index in [-0.39, 0.29) is 23.0 Å². The van der Waals surface area contributed by atoms with E-state index in [1.807, 2.05) is 0 Å². The minimum Gasteiger partial charge on any atom is -0.414 e. The van der Waals surface area contributed by atoms with Crippen LogP contribution in [0.4, 0.5) is 0 Å². The first-order valence-corrected chi connectivity index (χ1v) is 15.4. The Morgan fingerprint density at radius 3 is 2.03 bits per heavy atom. The van der Waals surface area contributed by atoms with E-state index in [0.717, 1.165) is 32.5 Å². The summed E-state index contributed by atoms with van der Waals surface area (Å²) in [6.07, 6.45) is 3.16. The molecule has 2 fully saturated rings. The van der Waals surface area contributed by atoms with Gasteiger partial charge in [-0.2, -0.15) is 0 Å². The maximum atomic E-state index is 6.71. The average molecular weight is 468 g/mol. The van der Waals surface area contributed by atoms with Crippen LogP contribution in [-0.2, 0) is 13.9 Å². The van der Waals surface area contributed by atoms with Crippen molar-refractivity contribution < 1.29 is 13.9 Å². The molecule has 0 aromatic heterocycles. The number of ether oxygens (including phenoxy) is 2. The van der Waals surface area contributed by atoms with E-state index >= 15 is 0 Å². The van der Waals surface area contributed by atoms with Crippen LogP contribution >= 0.6 is 0 Å². The van der Waals surface area contributed by atoms with Gasteiger partial charge in [-0.05, 0) is 48.5 Å². The molecule has 4 nitrogen and oxygen atoms in total. The molecule has 0 saturated carbocycles. The first-order valence-electron chi connectivity index (χ1n) is 12.5. The third kappa shape index (κ3) is 5.77. The molecule has 0 N–H and O–H groups in total. The third-order valence-electron chi connectivity index (χ3n) is 7.60. The lowest BCUT2D eigenvalue weighted by Crippen LogP contribution is -2.68. The molecule has 0 amide bonds. The van der Waals surface area contributed by atoms with Crippen LogP contribution in [0.1, 0.15) is 57.2 Å². The summed E-state index contributed by atoms with van der Waals surface area (Å²) < 4.78 is 19.4. The summed E-state index contributed by atoms with van der Waals surface area (Å²) in [5.74, 6) is 0. The Morgan fingerprint density at radius 1 is 0.970 bits per heavy atom. The minimum atomic E-state index is -1.88. The highest BCUT2D eigenvalue weighted by atomic mass is 28.4. The Morgan fingerprint density at radius 2 is 1.55 bits per heavy atom. The molecule has 2 aromatic carbocycles. The molecular formula is C28H41NO3Si. The van der Waals surface area contributed by atoms with Crippen LogP contribution in [-0.4, -0.2) is 51.4 Å². The van der Waals surface area contributed by atoms with E-state index in [4.69, 9.17) is 13.9 Å². The lowest BCUT2D eigenvalue weighted by atomic mass is 9.87. The van der Waals surface area contributed by atoms with Crippen LogP contribution in [0, 0.1) is 0 Å². The molecule has 4 rings (SSSR count). The van der Waals surface area contributed by atoms with Crippen molar-refractivity contribution in [2.45, 2.75) is 76.1 Å². The number of likely N-dealkylation sites (tertiary alicyclic amines) is 1. The minimum absolute atomic E-state index is 0.115. The second-order valence-corrected chi connectivity index (χ2v) is 16.1. The Kier molecular flexibility index (Phi) is 7.46. The van der Waals surface area contributed by atoms with Gasteiger partial charge < -0.3 is 13.9 Å². The number of rotatable bonds is 8. The standard InChI is InChI=1S/C28H41NO3Si/c1-27(2,3)33(4,5)31-22-28(32-25-18-12-13-19-30-25)20-29(21-28)26(23-14-8-6-9-15-23)24-16-10-7-11-17-24/h6-11,14-17,25-26H,12-13,18-22H2,1-5H3. The fraction of sp³-hybridized carbons (Fsp3) is 0.571. The van der Waals surface area contributed by atoms with Gasteiger partial charge in [0.2, 0.25) is 0 Å². The summed E-state index contributed by atoms with van der Waals surface area (Å²) in [6, 6.07) is 21.8. The van der Waals surface area contributed by atoms with Crippen molar-refractivity contribution in [2.75, 3.05) is 26.3 Å². The molecule has 1 unspecified atom stereocenters. The Bertz CT molecular complexity index is 830. The molecule has 0 bridgehead atoms. The number of hydrogen-bond donors (Lipinski definition) is 0. The van der Waals surface area contributed by atoms with Gasteiger partial charge in [-0.1, -0.05) is 81.4 Å². The summed E-state index contributed by atoms with van der Waals surface area (Å²) in [4.78, 5) is 2.53. The van der Waals surface area contributed by atoms with E-state index in [9.17, 15) is 0 Å². The summed E-state index contributed by atoms with van der Waals surface area (Å²) in [6.45, 7) is 14.7. The largest absolute Gasteiger partial charge is 0.414 e. The quantitative estimate of drug-likeness (QED) is 0.421. The molecule has 1 atom stereocenters. The van der Waals surface area contributed by atoms with Gasteiger partial charge in [0, 0.05) is 19.7 Å². The highest BCUT2D eigenvalue weighted by Crippen LogP contribution is 2.42. The van der Waals surface area contributed by atoms with Crippen LogP contribution in [0.5, 0.6) is 0 Å². The second-order valence-electron chi connectivity index (χ2n) is 11.3. The van der Waals surface area contributed by atoms with Crippen molar-refractivity contribution in [2.24, 2.45) is 0 Å². The van der Waals surface area contributed by atoms with Crippen LogP contribution in [0.2, 0.25) is 18.1 Å². The Hall–Kier alpha value is -1.50. The van der Waals surface area contributed by atoms with Crippen molar-refractivity contribution in [1.29, 1.82) is 0 Å². The maximum Gasteiger partial charge on any atom is 0.192 e. The number of nitrogens with zero attached hydrogens (tertiary/aromatic N) is 1. The van der Waals surface area contributed by atoms with Crippen LogP contribution in [0.15, 0.2) is 60.7 Å². The smallest absolute Gasteiger partial charge is 0.192 e. The van der Waals surface area contributed by atoms with Crippen molar-refractivity contribution in [3.63, 3.8) is 0 Å². The van der Waals surface area contributed by atoms with Gasteiger partial charge in [-0.3, -0.25) is 4.90 Å². The lowest BCUT2D eigenvalue weighted by Gasteiger charge is -2.55. The number of hydrogen-bond acceptors (Lipinski definition) is 4. The molecule has 2 aliphatic rings. The van der Waals surface area contributed by atoms with E-state index in [1.54, 1.807) is 0 Å². The molecule has 0 spiro atoms. The van der Waals surface area contributed by atoms with Gasteiger partial charge in [-0.25, -0.2) is 0 Å². The Balaban J connectivity index is 1.55. The monoisotopic (exact) mass is 467 g/mol. The second kappa shape index (κ2) is 10.0. The SMILES string of the molecule is CC(C)(C)[Si](C)(C)OCC1(OC2CCCCO2)CN(C(c2ccccc2)c2ccccc2)C1. The maximum absolute atomic E-state index is 6.71. The van der Waals surface area contributed by atoms with Gasteiger partial charge in [0.15, 0.2) is 14.6 Å². The zero-order valence-electron chi connectivity index (χ0n) is 21.0. The fourth-order valence-electron chi connectivity index (χ4n) is 4.57. The van der Waals surface area contributed by atoms with Crippen LogP contribution in [0.3, 0.4) is 0 Å². The molecule has 0 aliphatic carbocycles. The molecule has 2 saturated heterocycles. The molecular weight excluding hydrogens is 426 g/mol. The van der Waals surface area contributed by atoms with Gasteiger partial charge in [0.1, 0.15) is 5.60 Å². The van der Waals surface area contributed by atoms with E-state index in [1.165, 1.54) is 17.5 Å². The van der Waals surface area contributed by atoms with Crippen LogP contribution in [0.25, 0.3) is 0 Å². The Labute approximate surface area is 201 Å². The van der Waals surface area contributed by atoms with Gasteiger partial charge in [0.05, 0.1) is 12.6 Å². The van der Waals surface area contributed by atoms with Gasteiger partial charge >= 0.3 is 0 Å². The van der Waals surface area contributed by atoms with Gasteiger partial charge in [0.25, 0.3) is 0 Å². The molecule has 2 aromatic rings. The normalized spacial score (nSPS) is 21.7. The number of benzene rings is 2. The zero-order chi connectivity index (χ0) is 23.5.